The van der Waals surface area contributed by atoms with Crippen LogP contribution < -0.4 is 14.8 Å². The van der Waals surface area contributed by atoms with Crippen molar-refractivity contribution in [2.45, 2.75) is 13.5 Å². The van der Waals surface area contributed by atoms with Crippen LogP contribution >= 0.6 is 0 Å². The summed E-state index contributed by atoms with van der Waals surface area (Å²) in [5.41, 5.74) is 2.37. The van der Waals surface area contributed by atoms with Crippen LogP contribution in [0.15, 0.2) is 48.0 Å². The molecule has 0 aliphatic heterocycles. The fourth-order valence-corrected chi connectivity index (χ4v) is 2.42. The molecule has 0 radical (unpaired) electrons. The summed E-state index contributed by atoms with van der Waals surface area (Å²) in [5.74, 6) is -0.207. The highest BCUT2D eigenvalue weighted by Gasteiger charge is 2.13. The summed E-state index contributed by atoms with van der Waals surface area (Å²) in [6.07, 6.45) is 1.42. The van der Waals surface area contributed by atoms with Crippen molar-refractivity contribution in [1.29, 1.82) is 5.26 Å². The molecule has 0 saturated heterocycles. The highest BCUT2D eigenvalue weighted by atomic mass is 16.5. The number of methoxy groups -OCH3 is 2. The van der Waals surface area contributed by atoms with Gasteiger partial charge in [0, 0.05) is 6.54 Å². The molecule has 0 heterocycles. The summed E-state index contributed by atoms with van der Waals surface area (Å²) >= 11 is 0. The normalized spacial score (nSPS) is 10.6. The molecule has 1 amide bonds. The second kappa shape index (κ2) is 10.5. The number of ether oxygens (including phenoxy) is 3. The number of esters is 1. The molecule has 7 heteroatoms. The van der Waals surface area contributed by atoms with E-state index in [-0.39, 0.29) is 12.1 Å². The molecule has 0 saturated carbocycles. The third-order valence-corrected chi connectivity index (χ3v) is 4.00. The van der Waals surface area contributed by atoms with Gasteiger partial charge in [-0.25, -0.2) is 4.79 Å². The second-order valence-corrected chi connectivity index (χ2v) is 6.12. The van der Waals surface area contributed by atoms with Crippen LogP contribution in [0.1, 0.15) is 16.7 Å². The van der Waals surface area contributed by atoms with E-state index in [2.05, 4.69) is 5.32 Å². The maximum Gasteiger partial charge on any atom is 0.349 e. The van der Waals surface area contributed by atoms with Gasteiger partial charge in [-0.15, -0.1) is 0 Å². The third kappa shape index (κ3) is 6.40. The molecule has 0 aromatic heterocycles. The smallest absolute Gasteiger partial charge is 0.349 e. The number of nitriles is 1. The molecule has 0 aliphatic rings. The minimum atomic E-state index is -0.852. The number of nitrogens with one attached hydrogen (secondary N) is 1. The second-order valence-electron chi connectivity index (χ2n) is 6.12. The van der Waals surface area contributed by atoms with E-state index >= 15 is 0 Å². The summed E-state index contributed by atoms with van der Waals surface area (Å²) in [4.78, 5) is 24.0. The Balaban J connectivity index is 1.88. The highest BCUT2D eigenvalue weighted by Crippen LogP contribution is 2.27. The first-order valence-corrected chi connectivity index (χ1v) is 8.80. The number of nitrogens with zero attached hydrogens (tertiary/aromatic N) is 1. The number of hydrogen-bond acceptors (Lipinski definition) is 6. The van der Waals surface area contributed by atoms with E-state index in [0.29, 0.717) is 17.1 Å². The average molecular weight is 394 g/mol. The Kier molecular flexibility index (Phi) is 7.80. The van der Waals surface area contributed by atoms with Crippen LogP contribution in [-0.4, -0.2) is 32.7 Å². The van der Waals surface area contributed by atoms with E-state index in [1.54, 1.807) is 36.4 Å². The maximum absolute atomic E-state index is 12.1. The van der Waals surface area contributed by atoms with Gasteiger partial charge < -0.3 is 19.5 Å². The third-order valence-electron chi connectivity index (χ3n) is 4.00. The predicted octanol–water partition coefficient (Wildman–Crippen LogP) is 2.78. The van der Waals surface area contributed by atoms with E-state index in [9.17, 15) is 14.9 Å². The van der Waals surface area contributed by atoms with Gasteiger partial charge >= 0.3 is 5.97 Å². The first-order valence-electron chi connectivity index (χ1n) is 8.80. The minimum absolute atomic E-state index is 0.179. The number of rotatable bonds is 8. The molecule has 1 N–H and O–H groups in total. The molecule has 7 nitrogen and oxygen atoms in total. The van der Waals surface area contributed by atoms with Crippen LogP contribution in [0.5, 0.6) is 11.5 Å². The van der Waals surface area contributed by atoms with Gasteiger partial charge in [0.1, 0.15) is 11.6 Å². The van der Waals surface area contributed by atoms with E-state index in [1.165, 1.54) is 20.3 Å². The van der Waals surface area contributed by atoms with Gasteiger partial charge in [0.25, 0.3) is 5.91 Å². The largest absolute Gasteiger partial charge is 0.493 e. The van der Waals surface area contributed by atoms with Gasteiger partial charge in [-0.1, -0.05) is 35.9 Å². The van der Waals surface area contributed by atoms with Crippen LogP contribution in [-0.2, 0) is 20.9 Å². The first-order chi connectivity index (χ1) is 14.0. The zero-order chi connectivity index (χ0) is 21.2. The molecule has 2 rings (SSSR count). The summed E-state index contributed by atoms with van der Waals surface area (Å²) in [6.45, 7) is 1.67. The van der Waals surface area contributed by atoms with Crippen LogP contribution in [0.3, 0.4) is 0 Å². The lowest BCUT2D eigenvalue weighted by molar-refractivity contribution is -0.144. The predicted molar refractivity (Wildman–Crippen MR) is 107 cm³/mol. The Morgan fingerprint density at radius 3 is 2.38 bits per heavy atom. The Hall–Kier alpha value is -3.79. The Morgan fingerprint density at radius 1 is 1.07 bits per heavy atom. The number of carbonyl (C=O) groups is 2. The van der Waals surface area contributed by atoms with Crippen LogP contribution in [0, 0.1) is 18.3 Å². The Bertz CT molecular complexity index is 943. The number of benzene rings is 2. The van der Waals surface area contributed by atoms with Gasteiger partial charge in [0.05, 0.1) is 14.2 Å². The Labute approximate surface area is 169 Å². The van der Waals surface area contributed by atoms with E-state index in [4.69, 9.17) is 14.2 Å². The number of aryl methyl sites for hydroxylation is 1. The highest BCUT2D eigenvalue weighted by molar-refractivity contribution is 5.98. The molecule has 0 aliphatic carbocycles. The lowest BCUT2D eigenvalue weighted by atomic mass is 10.1. The lowest BCUT2D eigenvalue weighted by Crippen LogP contribution is -2.28. The standard InChI is InChI=1S/C22H22N2O5/c1-15-4-6-16(7-5-15)10-18(12-23)22(26)29-14-21(25)24-13-17-8-9-19(27-2)20(11-17)28-3/h4-11H,13-14H2,1-3H3,(H,24,25)/b18-10+. The molecule has 2 aromatic rings. The fourth-order valence-electron chi connectivity index (χ4n) is 2.42. The van der Waals surface area contributed by atoms with Crippen LogP contribution in [0.4, 0.5) is 0 Å². The molecule has 2 aromatic carbocycles. The lowest BCUT2D eigenvalue weighted by Gasteiger charge is -2.10. The SMILES string of the molecule is COc1ccc(CNC(=O)COC(=O)/C(C#N)=C/c2ccc(C)cc2)cc1OC. The number of hydrogen-bond donors (Lipinski definition) is 1. The summed E-state index contributed by atoms with van der Waals surface area (Å²) in [6, 6.07) is 14.4. The molecule has 0 fully saturated rings. The van der Waals surface area contributed by atoms with Gasteiger partial charge in [-0.3, -0.25) is 4.79 Å². The molecular formula is C22H22N2O5. The van der Waals surface area contributed by atoms with Crippen molar-refractivity contribution in [3.63, 3.8) is 0 Å². The van der Waals surface area contributed by atoms with Crippen molar-refractivity contribution in [1.82, 2.24) is 5.32 Å². The average Bonchev–Trinajstić information content (AvgIpc) is 2.75. The zero-order valence-electron chi connectivity index (χ0n) is 16.5. The monoisotopic (exact) mass is 394 g/mol. The molecular weight excluding hydrogens is 372 g/mol. The van der Waals surface area contributed by atoms with Crippen LogP contribution in [0.25, 0.3) is 6.08 Å². The first kappa shape index (κ1) is 21.5. The summed E-state index contributed by atoms with van der Waals surface area (Å²) in [5, 5.41) is 11.8. The van der Waals surface area contributed by atoms with Crippen molar-refractivity contribution in [2.75, 3.05) is 20.8 Å². The van der Waals surface area contributed by atoms with E-state index in [0.717, 1.165) is 11.1 Å². The topological polar surface area (TPSA) is 97.6 Å². The Morgan fingerprint density at radius 2 is 1.76 bits per heavy atom. The number of amides is 1. The molecule has 0 atom stereocenters. The van der Waals surface area contributed by atoms with Crippen molar-refractivity contribution in [3.05, 3.63) is 64.7 Å². The van der Waals surface area contributed by atoms with Crippen molar-refractivity contribution >= 4 is 18.0 Å². The molecule has 0 spiro atoms. The van der Waals surface area contributed by atoms with Gasteiger partial charge in [-0.2, -0.15) is 5.26 Å². The zero-order valence-corrected chi connectivity index (χ0v) is 16.5. The summed E-state index contributed by atoms with van der Waals surface area (Å²) < 4.78 is 15.3. The molecule has 0 bridgehead atoms. The van der Waals surface area contributed by atoms with Crippen molar-refractivity contribution in [3.8, 4) is 17.6 Å². The van der Waals surface area contributed by atoms with Gasteiger partial charge in [0.15, 0.2) is 18.1 Å². The molecule has 150 valence electrons. The van der Waals surface area contributed by atoms with Gasteiger partial charge in [-0.05, 0) is 36.3 Å². The van der Waals surface area contributed by atoms with Crippen molar-refractivity contribution in [2.24, 2.45) is 0 Å². The van der Waals surface area contributed by atoms with Crippen molar-refractivity contribution < 1.29 is 23.8 Å². The van der Waals surface area contributed by atoms with E-state index < -0.39 is 18.5 Å². The van der Waals surface area contributed by atoms with E-state index in [1.807, 2.05) is 19.1 Å². The van der Waals surface area contributed by atoms with Crippen LogP contribution in [0.2, 0.25) is 0 Å². The molecule has 29 heavy (non-hydrogen) atoms. The summed E-state index contributed by atoms with van der Waals surface area (Å²) in [7, 11) is 3.06. The number of carbonyl (C=O) groups excluding carboxylic acids is 2. The quantitative estimate of drug-likeness (QED) is 0.420. The maximum atomic E-state index is 12.1. The minimum Gasteiger partial charge on any atom is -0.493 e. The molecule has 0 unspecified atom stereocenters. The van der Waals surface area contributed by atoms with Gasteiger partial charge in [0.2, 0.25) is 0 Å². The fraction of sp³-hybridized carbons (Fsp3) is 0.227.